The molecule has 0 saturated heterocycles. The Morgan fingerprint density at radius 2 is 2.15 bits per heavy atom. The van der Waals surface area contributed by atoms with Gasteiger partial charge in [0, 0.05) is 18.5 Å². The number of nitrogens with one attached hydrogen (secondary N) is 1. The first kappa shape index (κ1) is 14.5. The van der Waals surface area contributed by atoms with Crippen LogP contribution in [0, 0.1) is 5.92 Å². The van der Waals surface area contributed by atoms with Crippen LogP contribution in [-0.2, 0) is 6.54 Å². The predicted octanol–water partition coefficient (Wildman–Crippen LogP) is 2.45. The van der Waals surface area contributed by atoms with Crippen molar-refractivity contribution < 1.29 is 0 Å². The number of aromatic nitrogens is 2. The van der Waals surface area contributed by atoms with Crippen LogP contribution in [0.1, 0.15) is 37.3 Å². The van der Waals surface area contributed by atoms with Crippen molar-refractivity contribution in [2.24, 2.45) is 5.92 Å². The van der Waals surface area contributed by atoms with Gasteiger partial charge in [-0.15, -0.1) is 0 Å². The van der Waals surface area contributed by atoms with Crippen molar-refractivity contribution >= 4 is 15.9 Å². The zero-order chi connectivity index (χ0) is 14.1. The van der Waals surface area contributed by atoms with E-state index in [4.69, 9.17) is 0 Å². The Hall–Kier alpha value is -0.390. The predicted molar refractivity (Wildman–Crippen MR) is 85.0 cm³/mol. The molecular formula is C15H25BrN4. The number of rotatable bonds is 7. The van der Waals surface area contributed by atoms with Gasteiger partial charge in [-0.3, -0.25) is 4.68 Å². The molecule has 1 heterocycles. The maximum atomic E-state index is 4.56. The fraction of sp³-hybridized carbons (Fsp3) is 0.800. The summed E-state index contributed by atoms with van der Waals surface area (Å²) < 4.78 is 3.40. The van der Waals surface area contributed by atoms with E-state index in [1.807, 2.05) is 6.20 Å². The van der Waals surface area contributed by atoms with Crippen LogP contribution in [0.3, 0.4) is 0 Å². The van der Waals surface area contributed by atoms with Crippen molar-refractivity contribution in [3.8, 4) is 0 Å². The van der Waals surface area contributed by atoms with E-state index in [1.54, 1.807) is 0 Å². The van der Waals surface area contributed by atoms with Crippen LogP contribution >= 0.6 is 15.9 Å². The van der Waals surface area contributed by atoms with E-state index in [9.17, 15) is 0 Å². The second kappa shape index (κ2) is 6.16. The van der Waals surface area contributed by atoms with Gasteiger partial charge in [0.25, 0.3) is 0 Å². The highest BCUT2D eigenvalue weighted by molar-refractivity contribution is 9.10. The first-order valence-electron chi connectivity index (χ1n) is 7.74. The minimum atomic E-state index is 0.681. The van der Waals surface area contributed by atoms with E-state index < -0.39 is 0 Å². The highest BCUT2D eigenvalue weighted by atomic mass is 79.9. The van der Waals surface area contributed by atoms with Gasteiger partial charge < -0.3 is 10.2 Å². The Balaban J connectivity index is 1.63. The SMILES string of the molecule is CN(C)CCn1ncc(Br)c1C1CCC1CNC1CC1. The Labute approximate surface area is 130 Å². The molecule has 0 aromatic carbocycles. The molecule has 112 valence electrons. The smallest absolute Gasteiger partial charge is 0.0635 e. The van der Waals surface area contributed by atoms with Crippen molar-refractivity contribution in [2.75, 3.05) is 27.2 Å². The molecule has 20 heavy (non-hydrogen) atoms. The maximum absolute atomic E-state index is 4.56. The van der Waals surface area contributed by atoms with Crippen LogP contribution in [0.15, 0.2) is 10.7 Å². The summed E-state index contributed by atoms with van der Waals surface area (Å²) in [6.07, 6.45) is 7.39. The van der Waals surface area contributed by atoms with Gasteiger partial charge in [-0.1, -0.05) is 0 Å². The molecular weight excluding hydrogens is 316 g/mol. The van der Waals surface area contributed by atoms with Crippen molar-refractivity contribution in [2.45, 2.75) is 44.2 Å². The van der Waals surface area contributed by atoms with E-state index in [1.165, 1.54) is 42.4 Å². The number of hydrogen-bond acceptors (Lipinski definition) is 3. The van der Waals surface area contributed by atoms with Gasteiger partial charge in [-0.05, 0) is 68.2 Å². The molecule has 2 aliphatic carbocycles. The molecule has 0 amide bonds. The molecule has 5 heteroatoms. The van der Waals surface area contributed by atoms with Crippen LogP contribution in [-0.4, -0.2) is 47.9 Å². The normalized spacial score (nSPS) is 26.0. The Morgan fingerprint density at radius 1 is 1.35 bits per heavy atom. The topological polar surface area (TPSA) is 33.1 Å². The summed E-state index contributed by atoms with van der Waals surface area (Å²) in [5.74, 6) is 1.47. The third-order valence-electron chi connectivity index (χ3n) is 4.61. The van der Waals surface area contributed by atoms with E-state index in [0.29, 0.717) is 5.92 Å². The fourth-order valence-corrected chi connectivity index (χ4v) is 3.58. The number of hydrogen-bond donors (Lipinski definition) is 1. The lowest BCUT2D eigenvalue weighted by Crippen LogP contribution is -2.36. The van der Waals surface area contributed by atoms with Crippen LogP contribution in [0.4, 0.5) is 0 Å². The summed E-state index contributed by atoms with van der Waals surface area (Å²) >= 11 is 3.70. The largest absolute Gasteiger partial charge is 0.314 e. The van der Waals surface area contributed by atoms with Crippen molar-refractivity contribution in [1.29, 1.82) is 0 Å². The molecule has 2 atom stereocenters. The van der Waals surface area contributed by atoms with Gasteiger partial charge in [-0.25, -0.2) is 0 Å². The average Bonchev–Trinajstić information content (AvgIpc) is 3.13. The number of halogens is 1. The standard InChI is InChI=1S/C15H25BrN4/c1-19(2)7-8-20-15(14(16)10-18-20)13-6-3-11(13)9-17-12-4-5-12/h10-13,17H,3-9H2,1-2H3. The van der Waals surface area contributed by atoms with Gasteiger partial charge >= 0.3 is 0 Å². The Bertz CT molecular complexity index is 453. The lowest BCUT2D eigenvalue weighted by atomic mass is 9.71. The highest BCUT2D eigenvalue weighted by Gasteiger charge is 2.36. The van der Waals surface area contributed by atoms with Crippen LogP contribution in [0.25, 0.3) is 0 Å². The summed E-state index contributed by atoms with van der Waals surface area (Å²) in [5.41, 5.74) is 1.42. The van der Waals surface area contributed by atoms with Gasteiger partial charge in [-0.2, -0.15) is 5.10 Å². The molecule has 1 N–H and O–H groups in total. The first-order valence-corrected chi connectivity index (χ1v) is 8.53. The lowest BCUT2D eigenvalue weighted by molar-refractivity contribution is 0.230. The minimum Gasteiger partial charge on any atom is -0.314 e. The van der Waals surface area contributed by atoms with Gasteiger partial charge in [0.2, 0.25) is 0 Å². The molecule has 3 rings (SSSR count). The molecule has 0 bridgehead atoms. The van der Waals surface area contributed by atoms with Crippen molar-refractivity contribution in [1.82, 2.24) is 20.0 Å². The summed E-state index contributed by atoms with van der Waals surface area (Å²) in [6.45, 7) is 3.20. The summed E-state index contributed by atoms with van der Waals surface area (Å²) in [4.78, 5) is 2.21. The summed E-state index contributed by atoms with van der Waals surface area (Å²) in [7, 11) is 4.23. The van der Waals surface area contributed by atoms with E-state index >= 15 is 0 Å². The van der Waals surface area contributed by atoms with E-state index in [2.05, 4.69) is 50.0 Å². The van der Waals surface area contributed by atoms with Crippen LogP contribution < -0.4 is 5.32 Å². The molecule has 0 aliphatic heterocycles. The molecule has 0 spiro atoms. The molecule has 2 aliphatic rings. The second-order valence-electron chi connectivity index (χ2n) is 6.53. The molecule has 1 aromatic rings. The third-order valence-corrected chi connectivity index (χ3v) is 5.22. The van der Waals surface area contributed by atoms with Crippen LogP contribution in [0.2, 0.25) is 0 Å². The fourth-order valence-electron chi connectivity index (χ4n) is 2.99. The quantitative estimate of drug-likeness (QED) is 0.827. The van der Waals surface area contributed by atoms with Crippen molar-refractivity contribution in [3.05, 3.63) is 16.4 Å². The van der Waals surface area contributed by atoms with Crippen LogP contribution in [0.5, 0.6) is 0 Å². The zero-order valence-corrected chi connectivity index (χ0v) is 14.1. The average molecular weight is 341 g/mol. The Kier molecular flexibility index (Phi) is 4.48. The van der Waals surface area contributed by atoms with Gasteiger partial charge in [0.1, 0.15) is 0 Å². The van der Waals surface area contributed by atoms with E-state index in [0.717, 1.165) is 25.0 Å². The monoisotopic (exact) mass is 340 g/mol. The second-order valence-corrected chi connectivity index (χ2v) is 7.38. The Morgan fingerprint density at radius 3 is 2.75 bits per heavy atom. The molecule has 2 unspecified atom stereocenters. The first-order chi connectivity index (χ1) is 9.65. The third kappa shape index (κ3) is 3.26. The number of likely N-dealkylation sites (N-methyl/N-ethyl adjacent to an activating group) is 1. The van der Waals surface area contributed by atoms with E-state index in [-0.39, 0.29) is 0 Å². The summed E-state index contributed by atoms with van der Waals surface area (Å²) in [5, 5.41) is 8.24. The number of nitrogens with zero attached hydrogens (tertiary/aromatic N) is 3. The molecule has 2 fully saturated rings. The molecule has 0 radical (unpaired) electrons. The van der Waals surface area contributed by atoms with Gasteiger partial charge in [0.15, 0.2) is 0 Å². The molecule has 1 aromatic heterocycles. The highest BCUT2D eigenvalue weighted by Crippen LogP contribution is 2.44. The zero-order valence-electron chi connectivity index (χ0n) is 12.5. The van der Waals surface area contributed by atoms with Crippen molar-refractivity contribution in [3.63, 3.8) is 0 Å². The maximum Gasteiger partial charge on any atom is 0.0635 e. The molecule has 4 nitrogen and oxygen atoms in total. The van der Waals surface area contributed by atoms with Gasteiger partial charge in [0.05, 0.1) is 22.9 Å². The lowest BCUT2D eigenvalue weighted by Gasteiger charge is -2.37. The summed E-state index contributed by atoms with van der Waals surface area (Å²) in [6, 6.07) is 0.818. The molecule has 2 saturated carbocycles. The minimum absolute atomic E-state index is 0.681.